The van der Waals surface area contributed by atoms with Gasteiger partial charge in [-0.15, -0.1) is 0 Å². The molecule has 1 aromatic carbocycles. The first kappa shape index (κ1) is 29.6. The Balaban J connectivity index is 2.09. The fourth-order valence-electron chi connectivity index (χ4n) is 4.27. The molecule has 204 valence electrons. The van der Waals surface area contributed by atoms with Gasteiger partial charge in [0.25, 0.3) is 0 Å². The molecule has 1 aliphatic rings. The number of carbonyl (C=O) groups is 5. The predicted molar refractivity (Wildman–Crippen MR) is 134 cm³/mol. The number of amides is 4. The van der Waals surface area contributed by atoms with Crippen LogP contribution in [-0.2, 0) is 30.4 Å². The summed E-state index contributed by atoms with van der Waals surface area (Å²) in [5.41, 5.74) is 11.9. The molecule has 0 aromatic heterocycles. The molecule has 0 radical (unpaired) electrons. The molecule has 0 aliphatic carbocycles. The number of carboxylic acids is 1. The van der Waals surface area contributed by atoms with Crippen LogP contribution in [0.3, 0.4) is 0 Å². The van der Waals surface area contributed by atoms with Gasteiger partial charge in [-0.1, -0.05) is 26.0 Å². The number of hydrogen-bond donors (Lipinski definition) is 6. The zero-order valence-electron chi connectivity index (χ0n) is 21.2. The lowest BCUT2D eigenvalue weighted by atomic mass is 10.0. The molecule has 0 bridgehead atoms. The zero-order valence-corrected chi connectivity index (χ0v) is 21.2. The van der Waals surface area contributed by atoms with Crippen LogP contribution in [0.4, 0.5) is 0 Å². The van der Waals surface area contributed by atoms with E-state index in [0.717, 1.165) is 5.56 Å². The lowest BCUT2D eigenvalue weighted by Crippen LogP contribution is -2.57. The van der Waals surface area contributed by atoms with E-state index in [1.807, 2.05) is 13.8 Å². The van der Waals surface area contributed by atoms with Crippen LogP contribution in [0.5, 0.6) is 5.75 Å². The second-order valence-corrected chi connectivity index (χ2v) is 9.76. The summed E-state index contributed by atoms with van der Waals surface area (Å²) in [7, 11) is 0. The number of benzene rings is 1. The summed E-state index contributed by atoms with van der Waals surface area (Å²) in [5, 5.41) is 23.9. The number of phenolic OH excluding ortho intramolecular Hbond substituents is 1. The van der Waals surface area contributed by atoms with Crippen LogP contribution in [0.25, 0.3) is 0 Å². The lowest BCUT2D eigenvalue weighted by molar-refractivity contribution is -0.145. The first-order valence-corrected chi connectivity index (χ1v) is 12.3. The van der Waals surface area contributed by atoms with Crippen molar-refractivity contribution in [1.29, 1.82) is 0 Å². The number of aliphatic carboxylic acids is 1. The molecule has 4 atom stereocenters. The summed E-state index contributed by atoms with van der Waals surface area (Å²) in [5.74, 6) is -3.46. The second-order valence-electron chi connectivity index (χ2n) is 9.76. The SMILES string of the molecule is CC(C)C[C@H](NC(=O)[C@@H](N)Cc1ccc(O)cc1)C(=O)N1CCC[C@H]1C(=O)N[C@@H](CCC(N)=O)C(=O)O. The van der Waals surface area contributed by atoms with E-state index in [4.69, 9.17) is 11.5 Å². The topological polar surface area (TPSA) is 205 Å². The maximum atomic E-state index is 13.5. The van der Waals surface area contributed by atoms with E-state index >= 15 is 0 Å². The minimum Gasteiger partial charge on any atom is -0.508 e. The Bertz CT molecular complexity index is 982. The van der Waals surface area contributed by atoms with Crippen LogP contribution in [0.2, 0.25) is 0 Å². The average molecular weight is 520 g/mol. The third kappa shape index (κ3) is 9.05. The fraction of sp³-hybridized carbons (Fsp3) is 0.560. The molecule has 2 rings (SSSR count). The third-order valence-corrected chi connectivity index (χ3v) is 6.18. The summed E-state index contributed by atoms with van der Waals surface area (Å²) < 4.78 is 0. The highest BCUT2D eigenvalue weighted by Crippen LogP contribution is 2.21. The molecule has 0 unspecified atom stereocenters. The molecule has 0 spiro atoms. The number of likely N-dealkylation sites (tertiary alicyclic amines) is 1. The van der Waals surface area contributed by atoms with Gasteiger partial charge < -0.3 is 37.2 Å². The van der Waals surface area contributed by atoms with E-state index in [-0.39, 0.29) is 37.5 Å². The predicted octanol–water partition coefficient (Wildman–Crippen LogP) is -0.381. The van der Waals surface area contributed by atoms with E-state index in [1.165, 1.54) is 17.0 Å². The number of nitrogens with zero attached hydrogens (tertiary/aromatic N) is 1. The van der Waals surface area contributed by atoms with Gasteiger partial charge in [-0.2, -0.15) is 0 Å². The van der Waals surface area contributed by atoms with E-state index < -0.39 is 53.8 Å². The van der Waals surface area contributed by atoms with Crippen molar-refractivity contribution in [3.05, 3.63) is 29.8 Å². The van der Waals surface area contributed by atoms with Gasteiger partial charge in [0, 0.05) is 13.0 Å². The van der Waals surface area contributed by atoms with Crippen LogP contribution >= 0.6 is 0 Å². The van der Waals surface area contributed by atoms with E-state index in [2.05, 4.69) is 10.6 Å². The molecule has 1 fully saturated rings. The molecule has 12 nitrogen and oxygen atoms in total. The summed E-state index contributed by atoms with van der Waals surface area (Å²) in [6, 6.07) is 2.21. The molecule has 1 saturated heterocycles. The monoisotopic (exact) mass is 519 g/mol. The minimum atomic E-state index is -1.32. The highest BCUT2D eigenvalue weighted by molar-refractivity contribution is 5.94. The van der Waals surface area contributed by atoms with Crippen LogP contribution in [-0.4, -0.2) is 75.4 Å². The zero-order chi connectivity index (χ0) is 27.7. The third-order valence-electron chi connectivity index (χ3n) is 6.18. The van der Waals surface area contributed by atoms with Crippen molar-refractivity contribution in [2.24, 2.45) is 17.4 Å². The molecule has 0 saturated carbocycles. The number of rotatable bonds is 13. The molecule has 12 heteroatoms. The average Bonchev–Trinajstić information content (AvgIpc) is 3.31. The fourth-order valence-corrected chi connectivity index (χ4v) is 4.27. The smallest absolute Gasteiger partial charge is 0.326 e. The van der Waals surface area contributed by atoms with Crippen LogP contribution in [0.1, 0.15) is 51.5 Å². The molecule has 8 N–H and O–H groups in total. The normalized spacial score (nSPS) is 17.6. The van der Waals surface area contributed by atoms with Crippen LogP contribution in [0.15, 0.2) is 24.3 Å². The van der Waals surface area contributed by atoms with E-state index in [9.17, 15) is 34.2 Å². The molecule has 4 amide bonds. The van der Waals surface area contributed by atoms with Gasteiger partial charge in [-0.05, 0) is 55.7 Å². The number of nitrogens with one attached hydrogen (secondary N) is 2. The minimum absolute atomic E-state index is 0.0441. The standard InChI is InChI=1S/C25H37N5O7/c1-14(2)12-19(29-22(33)17(26)13-15-5-7-16(31)8-6-15)24(35)30-11-3-4-20(30)23(34)28-18(25(36)37)9-10-21(27)32/h5-8,14,17-20,31H,3-4,9-13,26H2,1-2H3,(H2,27,32)(H,28,34)(H,29,33)(H,36,37)/t17-,18-,19-,20-/m0/s1. The van der Waals surface area contributed by atoms with Gasteiger partial charge in [0.05, 0.1) is 6.04 Å². The number of primary amides is 1. The van der Waals surface area contributed by atoms with Gasteiger partial charge >= 0.3 is 5.97 Å². The largest absolute Gasteiger partial charge is 0.508 e. The quantitative estimate of drug-likeness (QED) is 0.202. The van der Waals surface area contributed by atoms with Crippen molar-refractivity contribution in [2.45, 2.75) is 76.5 Å². The number of phenols is 1. The number of carbonyl (C=O) groups excluding carboxylic acids is 4. The summed E-state index contributed by atoms with van der Waals surface area (Å²) in [6.45, 7) is 4.07. The van der Waals surface area contributed by atoms with Gasteiger partial charge in [-0.3, -0.25) is 19.2 Å². The number of carboxylic acid groups (broad SMARTS) is 1. The maximum Gasteiger partial charge on any atom is 0.326 e. The van der Waals surface area contributed by atoms with Crippen molar-refractivity contribution in [3.8, 4) is 5.75 Å². The van der Waals surface area contributed by atoms with Crippen LogP contribution < -0.4 is 22.1 Å². The number of hydrogen-bond acceptors (Lipinski definition) is 7. The number of nitrogens with two attached hydrogens (primary N) is 2. The second kappa shape index (κ2) is 13.6. The van der Waals surface area contributed by atoms with Crippen molar-refractivity contribution >= 4 is 29.6 Å². The lowest BCUT2D eigenvalue weighted by Gasteiger charge is -2.30. The Labute approximate surface area is 215 Å². The van der Waals surface area contributed by atoms with E-state index in [1.54, 1.807) is 12.1 Å². The molecular formula is C25H37N5O7. The van der Waals surface area contributed by atoms with Crippen molar-refractivity contribution < 1.29 is 34.2 Å². The molecule has 1 aromatic rings. The Morgan fingerprint density at radius 1 is 1.08 bits per heavy atom. The number of aromatic hydroxyl groups is 1. The Morgan fingerprint density at radius 2 is 1.73 bits per heavy atom. The highest BCUT2D eigenvalue weighted by Gasteiger charge is 2.39. The Hall–Kier alpha value is -3.67. The van der Waals surface area contributed by atoms with Crippen LogP contribution in [0, 0.1) is 5.92 Å². The molecule has 1 aliphatic heterocycles. The Kier molecular flexibility index (Phi) is 10.9. The maximum absolute atomic E-state index is 13.5. The molecule has 37 heavy (non-hydrogen) atoms. The van der Waals surface area contributed by atoms with Gasteiger partial charge in [-0.25, -0.2) is 4.79 Å². The first-order chi connectivity index (χ1) is 17.4. The highest BCUT2D eigenvalue weighted by atomic mass is 16.4. The van der Waals surface area contributed by atoms with Crippen molar-refractivity contribution in [3.63, 3.8) is 0 Å². The molecular weight excluding hydrogens is 482 g/mol. The van der Waals surface area contributed by atoms with Gasteiger partial charge in [0.15, 0.2) is 0 Å². The Morgan fingerprint density at radius 3 is 2.30 bits per heavy atom. The molecule has 1 heterocycles. The van der Waals surface area contributed by atoms with E-state index in [0.29, 0.717) is 19.3 Å². The summed E-state index contributed by atoms with van der Waals surface area (Å²) in [4.78, 5) is 63.1. The van der Waals surface area contributed by atoms with Crippen molar-refractivity contribution in [1.82, 2.24) is 15.5 Å². The van der Waals surface area contributed by atoms with Gasteiger partial charge in [0.1, 0.15) is 23.9 Å². The van der Waals surface area contributed by atoms with Gasteiger partial charge in [0.2, 0.25) is 23.6 Å². The first-order valence-electron chi connectivity index (χ1n) is 12.3. The summed E-state index contributed by atoms with van der Waals surface area (Å²) in [6.07, 6.45) is 1.01. The summed E-state index contributed by atoms with van der Waals surface area (Å²) >= 11 is 0. The van der Waals surface area contributed by atoms with Crippen molar-refractivity contribution in [2.75, 3.05) is 6.54 Å².